The number of rotatable bonds is 2. The molecule has 0 aromatic heterocycles. The van der Waals surface area contributed by atoms with E-state index >= 15 is 0 Å². The molecule has 76 valence electrons. The molecule has 13 heavy (non-hydrogen) atoms. The van der Waals surface area contributed by atoms with Crippen molar-refractivity contribution in [3.63, 3.8) is 0 Å². The smallest absolute Gasteiger partial charge is 0.302 e. The minimum atomic E-state index is -0.928. The van der Waals surface area contributed by atoms with Crippen LogP contribution in [0.1, 0.15) is 13.3 Å². The van der Waals surface area contributed by atoms with Gasteiger partial charge in [-0.3, -0.25) is 4.79 Å². The fraction of sp³-hybridized carbons (Fsp3) is 0.875. The second-order valence-corrected chi connectivity index (χ2v) is 3.02. The second-order valence-electron chi connectivity index (χ2n) is 3.02. The van der Waals surface area contributed by atoms with Gasteiger partial charge in [0.1, 0.15) is 18.3 Å². The Morgan fingerprint density at radius 2 is 2.38 bits per heavy atom. The quantitative estimate of drug-likeness (QED) is 0.550. The average Bonchev–Trinajstić information content (AvgIpc) is 2.08. The Kier molecular flexibility index (Phi) is 3.65. The molecule has 5 heteroatoms. The summed E-state index contributed by atoms with van der Waals surface area (Å²) in [6, 6.07) is 0. The normalized spacial score (nSPS) is 34.2. The lowest BCUT2D eigenvalue weighted by atomic mass is 10.0. The van der Waals surface area contributed by atoms with Crippen molar-refractivity contribution in [1.82, 2.24) is 0 Å². The van der Waals surface area contributed by atoms with Gasteiger partial charge in [-0.05, 0) is 0 Å². The first kappa shape index (κ1) is 10.4. The van der Waals surface area contributed by atoms with Crippen LogP contribution in [-0.4, -0.2) is 47.7 Å². The van der Waals surface area contributed by atoms with Crippen LogP contribution in [0.4, 0.5) is 0 Å². The Hall–Kier alpha value is -0.650. The van der Waals surface area contributed by atoms with E-state index in [0.717, 1.165) is 0 Å². The third-order valence-electron chi connectivity index (χ3n) is 1.99. The summed E-state index contributed by atoms with van der Waals surface area (Å²) in [7, 11) is 0. The molecule has 0 saturated carbocycles. The zero-order valence-corrected chi connectivity index (χ0v) is 7.47. The SMILES string of the molecule is CC(=O)OC1CCOC(CO)C1O. The van der Waals surface area contributed by atoms with Gasteiger partial charge in [0.05, 0.1) is 13.2 Å². The molecule has 0 spiro atoms. The monoisotopic (exact) mass is 190 g/mol. The highest BCUT2D eigenvalue weighted by molar-refractivity contribution is 5.66. The molecule has 3 unspecified atom stereocenters. The van der Waals surface area contributed by atoms with Crippen LogP contribution in [0.2, 0.25) is 0 Å². The van der Waals surface area contributed by atoms with E-state index in [4.69, 9.17) is 14.6 Å². The lowest BCUT2D eigenvalue weighted by Gasteiger charge is -2.33. The van der Waals surface area contributed by atoms with Gasteiger partial charge in [0, 0.05) is 13.3 Å². The van der Waals surface area contributed by atoms with E-state index in [1.54, 1.807) is 0 Å². The summed E-state index contributed by atoms with van der Waals surface area (Å²) in [5, 5.41) is 18.3. The lowest BCUT2D eigenvalue weighted by Crippen LogP contribution is -2.48. The summed E-state index contributed by atoms with van der Waals surface area (Å²) in [5.41, 5.74) is 0. The molecule has 2 N–H and O–H groups in total. The maximum absolute atomic E-state index is 10.6. The molecular weight excluding hydrogens is 176 g/mol. The van der Waals surface area contributed by atoms with Crippen molar-refractivity contribution in [1.29, 1.82) is 0 Å². The molecule has 5 nitrogen and oxygen atoms in total. The first-order chi connectivity index (χ1) is 6.15. The summed E-state index contributed by atoms with van der Waals surface area (Å²) in [6.07, 6.45) is -1.65. The van der Waals surface area contributed by atoms with Crippen LogP contribution in [0, 0.1) is 0 Å². The number of ether oxygens (including phenoxy) is 2. The van der Waals surface area contributed by atoms with E-state index in [9.17, 15) is 9.90 Å². The molecule has 1 saturated heterocycles. The summed E-state index contributed by atoms with van der Waals surface area (Å²) >= 11 is 0. The maximum atomic E-state index is 10.6. The molecule has 1 fully saturated rings. The van der Waals surface area contributed by atoms with Crippen LogP contribution in [0.15, 0.2) is 0 Å². The van der Waals surface area contributed by atoms with Gasteiger partial charge in [-0.25, -0.2) is 0 Å². The topological polar surface area (TPSA) is 76.0 Å². The molecular formula is C8H14O5. The van der Waals surface area contributed by atoms with Crippen molar-refractivity contribution in [2.45, 2.75) is 31.7 Å². The Balaban J connectivity index is 2.49. The van der Waals surface area contributed by atoms with Crippen LogP contribution in [-0.2, 0) is 14.3 Å². The van der Waals surface area contributed by atoms with Crippen molar-refractivity contribution < 1.29 is 24.5 Å². The molecule has 3 atom stereocenters. The van der Waals surface area contributed by atoms with Gasteiger partial charge in [-0.1, -0.05) is 0 Å². The van der Waals surface area contributed by atoms with Crippen LogP contribution in [0.5, 0.6) is 0 Å². The molecule has 0 aliphatic carbocycles. The first-order valence-corrected chi connectivity index (χ1v) is 4.23. The number of hydrogen-bond donors (Lipinski definition) is 2. The minimum absolute atomic E-state index is 0.265. The van der Waals surface area contributed by atoms with Crippen molar-refractivity contribution in [3.05, 3.63) is 0 Å². The van der Waals surface area contributed by atoms with E-state index in [1.807, 2.05) is 0 Å². The third kappa shape index (κ3) is 2.65. The standard InChI is InChI=1S/C8H14O5/c1-5(10)13-6-2-3-12-7(4-9)8(6)11/h6-9,11H,2-4H2,1H3. The third-order valence-corrected chi connectivity index (χ3v) is 1.99. The molecule has 1 rings (SSSR count). The van der Waals surface area contributed by atoms with Crippen molar-refractivity contribution >= 4 is 5.97 Å². The fourth-order valence-electron chi connectivity index (χ4n) is 1.35. The van der Waals surface area contributed by atoms with Gasteiger partial charge in [-0.2, -0.15) is 0 Å². The highest BCUT2D eigenvalue weighted by Crippen LogP contribution is 2.17. The van der Waals surface area contributed by atoms with Crippen LogP contribution in [0.3, 0.4) is 0 Å². The fourth-order valence-corrected chi connectivity index (χ4v) is 1.35. The predicted octanol–water partition coefficient (Wildman–Crippen LogP) is -0.940. The number of carbonyl (C=O) groups excluding carboxylic acids is 1. The molecule has 0 radical (unpaired) electrons. The van der Waals surface area contributed by atoms with Crippen LogP contribution >= 0.6 is 0 Å². The Labute approximate surface area is 76.3 Å². The zero-order chi connectivity index (χ0) is 9.84. The highest BCUT2D eigenvalue weighted by Gasteiger charge is 2.34. The molecule has 0 aromatic rings. The molecule has 0 bridgehead atoms. The second kappa shape index (κ2) is 4.55. The summed E-state index contributed by atoms with van der Waals surface area (Å²) < 4.78 is 9.92. The van der Waals surface area contributed by atoms with Gasteiger partial charge < -0.3 is 19.7 Å². The summed E-state index contributed by atoms with van der Waals surface area (Å²) in [6.45, 7) is 1.41. The van der Waals surface area contributed by atoms with Crippen molar-refractivity contribution in [2.24, 2.45) is 0 Å². The summed E-state index contributed by atoms with van der Waals surface area (Å²) in [4.78, 5) is 10.6. The van der Waals surface area contributed by atoms with Crippen molar-refractivity contribution in [3.8, 4) is 0 Å². The molecule has 0 amide bonds. The van der Waals surface area contributed by atoms with Gasteiger partial charge in [0.2, 0.25) is 0 Å². The van der Waals surface area contributed by atoms with Crippen molar-refractivity contribution in [2.75, 3.05) is 13.2 Å². The van der Waals surface area contributed by atoms with E-state index in [1.165, 1.54) is 6.92 Å². The number of hydrogen-bond acceptors (Lipinski definition) is 5. The van der Waals surface area contributed by atoms with Gasteiger partial charge >= 0.3 is 5.97 Å². The molecule has 1 aliphatic heterocycles. The van der Waals surface area contributed by atoms with Gasteiger partial charge in [0.25, 0.3) is 0 Å². The number of esters is 1. The Morgan fingerprint density at radius 1 is 1.69 bits per heavy atom. The molecule has 0 aromatic carbocycles. The van der Waals surface area contributed by atoms with Crippen LogP contribution < -0.4 is 0 Å². The lowest BCUT2D eigenvalue weighted by molar-refractivity contribution is -0.179. The first-order valence-electron chi connectivity index (χ1n) is 4.23. The minimum Gasteiger partial charge on any atom is -0.460 e. The predicted molar refractivity (Wildman–Crippen MR) is 43.0 cm³/mol. The van der Waals surface area contributed by atoms with E-state index in [0.29, 0.717) is 13.0 Å². The molecule has 1 heterocycles. The number of aliphatic hydroxyl groups excluding tert-OH is 2. The average molecular weight is 190 g/mol. The molecule has 1 aliphatic rings. The Bertz CT molecular complexity index is 181. The maximum Gasteiger partial charge on any atom is 0.302 e. The largest absolute Gasteiger partial charge is 0.460 e. The zero-order valence-electron chi connectivity index (χ0n) is 7.47. The number of carbonyl (C=O) groups is 1. The number of aliphatic hydroxyl groups is 2. The van der Waals surface area contributed by atoms with Crippen LogP contribution in [0.25, 0.3) is 0 Å². The summed E-state index contributed by atoms with van der Waals surface area (Å²) in [5.74, 6) is -0.428. The van der Waals surface area contributed by atoms with E-state index in [-0.39, 0.29) is 6.61 Å². The Morgan fingerprint density at radius 3 is 2.92 bits per heavy atom. The van der Waals surface area contributed by atoms with Gasteiger partial charge in [0.15, 0.2) is 0 Å². The van der Waals surface area contributed by atoms with E-state index in [2.05, 4.69) is 0 Å². The van der Waals surface area contributed by atoms with Gasteiger partial charge in [-0.15, -0.1) is 0 Å². The van der Waals surface area contributed by atoms with E-state index < -0.39 is 24.3 Å². The highest BCUT2D eigenvalue weighted by atomic mass is 16.6.